The topological polar surface area (TPSA) is 87.0 Å². The number of rotatable bonds is 6. The van der Waals surface area contributed by atoms with E-state index in [1.54, 1.807) is 36.5 Å². The van der Waals surface area contributed by atoms with E-state index in [2.05, 4.69) is 0 Å². The molecule has 2 aromatic carbocycles. The summed E-state index contributed by atoms with van der Waals surface area (Å²) in [5.41, 5.74) is 0.644. The molecule has 0 unspecified atom stereocenters. The maximum Gasteiger partial charge on any atom is 0.335 e. The summed E-state index contributed by atoms with van der Waals surface area (Å²) in [5.74, 6) is 0.219. The highest BCUT2D eigenvalue weighted by Crippen LogP contribution is 2.42. The van der Waals surface area contributed by atoms with E-state index in [4.69, 9.17) is 19.3 Å². The van der Waals surface area contributed by atoms with Gasteiger partial charge in [0.25, 0.3) is 5.56 Å². The third-order valence-corrected chi connectivity index (χ3v) is 4.31. The SMILES string of the molecule is COc1cc2c(=O)n(Cc3cccc(C(=O)O)c3)ccc2c(OC)c1OC. The Bertz CT molecular complexity index is 1070. The van der Waals surface area contributed by atoms with Crippen molar-refractivity contribution in [2.75, 3.05) is 21.3 Å². The van der Waals surface area contributed by atoms with Gasteiger partial charge in [0.05, 0.1) is 38.8 Å². The number of carboxylic acids is 1. The molecular formula is C20H19NO6. The molecule has 7 nitrogen and oxygen atoms in total. The van der Waals surface area contributed by atoms with E-state index in [0.29, 0.717) is 33.6 Å². The summed E-state index contributed by atoms with van der Waals surface area (Å²) in [5, 5.41) is 10.2. The van der Waals surface area contributed by atoms with Crippen molar-refractivity contribution in [3.05, 3.63) is 64.1 Å². The monoisotopic (exact) mass is 369 g/mol. The second-order valence-electron chi connectivity index (χ2n) is 5.86. The van der Waals surface area contributed by atoms with Gasteiger partial charge < -0.3 is 23.9 Å². The van der Waals surface area contributed by atoms with E-state index in [0.717, 1.165) is 0 Å². The fraction of sp³-hybridized carbons (Fsp3) is 0.200. The fourth-order valence-electron chi connectivity index (χ4n) is 3.03. The molecule has 0 aliphatic heterocycles. The Hall–Kier alpha value is -3.48. The molecule has 0 atom stereocenters. The minimum Gasteiger partial charge on any atom is -0.493 e. The summed E-state index contributed by atoms with van der Waals surface area (Å²) in [6.07, 6.45) is 1.65. The number of fused-ring (bicyclic) bond motifs is 1. The number of carbonyl (C=O) groups is 1. The molecule has 0 saturated carbocycles. The number of methoxy groups -OCH3 is 3. The molecule has 1 aromatic heterocycles. The normalized spacial score (nSPS) is 10.6. The van der Waals surface area contributed by atoms with E-state index in [1.807, 2.05) is 0 Å². The first-order chi connectivity index (χ1) is 13.0. The van der Waals surface area contributed by atoms with Crippen LogP contribution in [0.1, 0.15) is 15.9 Å². The molecule has 140 valence electrons. The molecule has 0 spiro atoms. The van der Waals surface area contributed by atoms with Crippen LogP contribution in [-0.4, -0.2) is 37.0 Å². The van der Waals surface area contributed by atoms with Crippen molar-refractivity contribution in [3.8, 4) is 17.2 Å². The van der Waals surface area contributed by atoms with Gasteiger partial charge in [-0.2, -0.15) is 0 Å². The van der Waals surface area contributed by atoms with Crippen molar-refractivity contribution in [1.29, 1.82) is 0 Å². The molecule has 7 heteroatoms. The number of ether oxygens (including phenoxy) is 3. The summed E-state index contributed by atoms with van der Waals surface area (Å²) in [6, 6.07) is 9.87. The Morgan fingerprint density at radius 2 is 1.74 bits per heavy atom. The highest BCUT2D eigenvalue weighted by Gasteiger charge is 2.18. The molecule has 3 aromatic rings. The lowest BCUT2D eigenvalue weighted by atomic mass is 10.1. The number of aromatic nitrogens is 1. The number of nitrogens with zero attached hydrogens (tertiary/aromatic N) is 1. The standard InChI is InChI=1S/C20H19NO6/c1-25-16-10-15-14(17(26-2)18(16)27-3)7-8-21(19(15)22)11-12-5-4-6-13(9-12)20(23)24/h4-10H,11H2,1-3H3,(H,23,24). The summed E-state index contributed by atoms with van der Waals surface area (Å²) in [6.45, 7) is 0.243. The van der Waals surface area contributed by atoms with Gasteiger partial charge in [-0.25, -0.2) is 4.79 Å². The third kappa shape index (κ3) is 3.31. The lowest BCUT2D eigenvalue weighted by Crippen LogP contribution is -2.20. The van der Waals surface area contributed by atoms with Crippen molar-refractivity contribution in [1.82, 2.24) is 4.57 Å². The highest BCUT2D eigenvalue weighted by atomic mass is 16.5. The molecule has 27 heavy (non-hydrogen) atoms. The lowest BCUT2D eigenvalue weighted by molar-refractivity contribution is 0.0696. The first kappa shape index (κ1) is 18.3. The van der Waals surface area contributed by atoms with Crippen molar-refractivity contribution < 1.29 is 24.1 Å². The van der Waals surface area contributed by atoms with Crippen LogP contribution in [0.5, 0.6) is 17.2 Å². The highest BCUT2D eigenvalue weighted by molar-refractivity contribution is 5.92. The van der Waals surface area contributed by atoms with Gasteiger partial charge in [-0.1, -0.05) is 12.1 Å². The molecule has 1 N–H and O–H groups in total. The molecule has 0 aliphatic rings. The third-order valence-electron chi connectivity index (χ3n) is 4.31. The summed E-state index contributed by atoms with van der Waals surface area (Å²) in [4.78, 5) is 24.1. The largest absolute Gasteiger partial charge is 0.493 e. The molecule has 3 rings (SSSR count). The predicted molar refractivity (Wildman–Crippen MR) is 100 cm³/mol. The van der Waals surface area contributed by atoms with Crippen molar-refractivity contribution >= 4 is 16.7 Å². The van der Waals surface area contributed by atoms with Crippen molar-refractivity contribution in [2.24, 2.45) is 0 Å². The summed E-state index contributed by atoms with van der Waals surface area (Å²) >= 11 is 0. The number of pyridine rings is 1. The Kier molecular flexibility index (Phi) is 5.03. The van der Waals surface area contributed by atoms with Gasteiger partial charge >= 0.3 is 5.97 Å². The van der Waals surface area contributed by atoms with Gasteiger partial charge in [0.1, 0.15) is 0 Å². The molecule has 0 aliphatic carbocycles. The van der Waals surface area contributed by atoms with Gasteiger partial charge in [-0.15, -0.1) is 0 Å². The van der Waals surface area contributed by atoms with E-state index >= 15 is 0 Å². The van der Waals surface area contributed by atoms with E-state index < -0.39 is 5.97 Å². The first-order valence-electron chi connectivity index (χ1n) is 8.14. The molecule has 0 saturated heterocycles. The van der Waals surface area contributed by atoms with Crippen LogP contribution in [0.2, 0.25) is 0 Å². The maximum atomic E-state index is 13.0. The van der Waals surface area contributed by atoms with Crippen LogP contribution in [0.15, 0.2) is 47.4 Å². The zero-order chi connectivity index (χ0) is 19.6. The van der Waals surface area contributed by atoms with Gasteiger partial charge in [-0.3, -0.25) is 4.79 Å². The lowest BCUT2D eigenvalue weighted by Gasteiger charge is -2.15. The average Bonchev–Trinajstić information content (AvgIpc) is 2.68. The molecular weight excluding hydrogens is 350 g/mol. The fourth-order valence-corrected chi connectivity index (χ4v) is 3.03. The number of benzene rings is 2. The summed E-state index contributed by atoms with van der Waals surface area (Å²) in [7, 11) is 4.49. The Morgan fingerprint density at radius 3 is 2.37 bits per heavy atom. The zero-order valence-corrected chi connectivity index (χ0v) is 15.2. The quantitative estimate of drug-likeness (QED) is 0.719. The minimum atomic E-state index is -1.01. The van der Waals surface area contributed by atoms with Gasteiger partial charge in [-0.05, 0) is 29.8 Å². The van der Waals surface area contributed by atoms with E-state index in [-0.39, 0.29) is 17.7 Å². The molecule has 0 radical (unpaired) electrons. The van der Waals surface area contributed by atoms with Crippen LogP contribution in [0.25, 0.3) is 10.8 Å². The smallest absolute Gasteiger partial charge is 0.335 e. The van der Waals surface area contributed by atoms with Crippen molar-refractivity contribution in [3.63, 3.8) is 0 Å². The Balaban J connectivity index is 2.14. The minimum absolute atomic E-state index is 0.175. The van der Waals surface area contributed by atoms with E-state index in [9.17, 15) is 9.59 Å². The van der Waals surface area contributed by atoms with Crippen LogP contribution in [0.4, 0.5) is 0 Å². The van der Waals surface area contributed by atoms with Crippen LogP contribution < -0.4 is 19.8 Å². The second-order valence-corrected chi connectivity index (χ2v) is 5.86. The maximum absolute atomic E-state index is 13.0. The van der Waals surface area contributed by atoms with Crippen molar-refractivity contribution in [2.45, 2.75) is 6.54 Å². The number of carboxylic acid groups (broad SMARTS) is 1. The van der Waals surface area contributed by atoms with E-state index in [1.165, 1.54) is 32.0 Å². The van der Waals surface area contributed by atoms with Gasteiger partial charge in [0.2, 0.25) is 5.75 Å². The van der Waals surface area contributed by atoms with Crippen LogP contribution >= 0.6 is 0 Å². The zero-order valence-electron chi connectivity index (χ0n) is 15.2. The van der Waals surface area contributed by atoms with Crippen LogP contribution in [0.3, 0.4) is 0 Å². The Labute approximate surface area is 155 Å². The van der Waals surface area contributed by atoms with Crippen LogP contribution in [0, 0.1) is 0 Å². The van der Waals surface area contributed by atoms with Gasteiger partial charge in [0.15, 0.2) is 11.5 Å². The summed E-state index contributed by atoms with van der Waals surface area (Å²) < 4.78 is 17.6. The molecule has 0 amide bonds. The molecule has 1 heterocycles. The van der Waals surface area contributed by atoms with Gasteiger partial charge in [0, 0.05) is 11.6 Å². The molecule has 0 bridgehead atoms. The number of aromatic carboxylic acids is 1. The van der Waals surface area contributed by atoms with Crippen LogP contribution in [-0.2, 0) is 6.54 Å². The average molecular weight is 369 g/mol. The number of hydrogen-bond acceptors (Lipinski definition) is 5. The predicted octanol–water partition coefficient (Wildman–Crippen LogP) is 2.77. The first-order valence-corrected chi connectivity index (χ1v) is 8.14. The second kappa shape index (κ2) is 7.41. The number of hydrogen-bond donors (Lipinski definition) is 1. The molecule has 0 fully saturated rings. The Morgan fingerprint density at radius 1 is 1.00 bits per heavy atom.